The molecule has 0 aliphatic heterocycles. The van der Waals surface area contributed by atoms with Crippen molar-refractivity contribution < 1.29 is 14.3 Å². The Morgan fingerprint density at radius 1 is 1.03 bits per heavy atom. The van der Waals surface area contributed by atoms with Crippen LogP contribution in [0.3, 0.4) is 0 Å². The van der Waals surface area contributed by atoms with E-state index in [0.717, 1.165) is 0 Å². The molecule has 2 aromatic carbocycles. The normalized spacial score (nSPS) is 10.8. The van der Waals surface area contributed by atoms with Crippen LogP contribution >= 0.6 is 34.5 Å². The number of aryl methyl sites for hydroxylation is 1. The molecule has 0 spiro atoms. The second-order valence-corrected chi connectivity index (χ2v) is 8.36. The summed E-state index contributed by atoms with van der Waals surface area (Å²) in [5.74, 6) is -0.0457. The molecule has 0 aliphatic carbocycles. The Morgan fingerprint density at radius 2 is 1.78 bits per heavy atom. The minimum atomic E-state index is -0.452. The number of amides is 2. The lowest BCUT2D eigenvalue weighted by Gasteiger charge is -2.14. The number of hydrogen-bond donors (Lipinski definition) is 2. The van der Waals surface area contributed by atoms with E-state index in [1.807, 2.05) is 6.07 Å². The van der Waals surface area contributed by atoms with Crippen molar-refractivity contribution >= 4 is 68.1 Å². The minimum absolute atomic E-state index is 0.196. The number of thiophene rings is 1. The third kappa shape index (κ3) is 4.12. The highest BCUT2D eigenvalue weighted by Crippen LogP contribution is 2.40. The first-order valence-electron chi connectivity index (χ1n) is 9.33. The summed E-state index contributed by atoms with van der Waals surface area (Å²) in [5, 5.41) is 7.67. The number of anilines is 2. The Labute approximate surface area is 197 Å². The number of methoxy groups -OCH3 is 1. The number of carbonyl (C=O) groups excluding carboxylic acids is 2. The highest BCUT2D eigenvalue weighted by molar-refractivity contribution is 7.18. The van der Waals surface area contributed by atoms with E-state index in [0.29, 0.717) is 43.5 Å². The quantitative estimate of drug-likeness (QED) is 0.370. The summed E-state index contributed by atoms with van der Waals surface area (Å²) < 4.78 is 5.82. The number of fused-ring (bicyclic) bond motifs is 1. The molecule has 4 aromatic rings. The Bertz CT molecular complexity index is 1340. The van der Waals surface area contributed by atoms with Crippen LogP contribution in [-0.4, -0.2) is 28.9 Å². The molecular formula is C22H16Cl2N4O3S. The molecule has 2 aromatic heterocycles. The van der Waals surface area contributed by atoms with Crippen molar-refractivity contribution in [1.29, 1.82) is 0 Å². The summed E-state index contributed by atoms with van der Waals surface area (Å²) >= 11 is 14.0. The zero-order valence-electron chi connectivity index (χ0n) is 16.9. The van der Waals surface area contributed by atoms with Crippen LogP contribution in [0.5, 0.6) is 5.75 Å². The fourth-order valence-electron chi connectivity index (χ4n) is 3.05. The van der Waals surface area contributed by atoms with Crippen LogP contribution in [0.2, 0.25) is 10.0 Å². The smallest absolute Gasteiger partial charge is 0.258 e. The minimum Gasteiger partial charge on any atom is -0.495 e. The number of ether oxygens (including phenoxy) is 1. The van der Waals surface area contributed by atoms with Gasteiger partial charge in [-0.25, -0.2) is 9.97 Å². The predicted molar refractivity (Wildman–Crippen MR) is 128 cm³/mol. The molecule has 0 fully saturated rings. The van der Waals surface area contributed by atoms with Crippen LogP contribution in [0.25, 0.3) is 10.2 Å². The molecule has 0 saturated carbocycles. The second kappa shape index (κ2) is 9.12. The maximum absolute atomic E-state index is 13.0. The predicted octanol–water partition coefficient (Wildman–Crippen LogP) is 5.82. The molecule has 0 atom stereocenters. The molecule has 10 heteroatoms. The standard InChI is InChI=1S/C22H16Cl2N4O3S/c1-11-8-14(31-2)16(24)18(15(11)23)27-22(30)13-9-32-19-17(13)25-10-26-20(19)28-21(29)12-6-4-3-5-7-12/h3-10H,1-2H3,(H,27,30)(H,25,26,28,29). The monoisotopic (exact) mass is 486 g/mol. The molecule has 2 N–H and O–H groups in total. The summed E-state index contributed by atoms with van der Waals surface area (Å²) in [6, 6.07) is 10.5. The van der Waals surface area contributed by atoms with Crippen molar-refractivity contribution in [3.63, 3.8) is 0 Å². The number of rotatable bonds is 5. The Balaban J connectivity index is 1.66. The van der Waals surface area contributed by atoms with Crippen molar-refractivity contribution in [2.24, 2.45) is 0 Å². The molecule has 0 bridgehead atoms. The van der Waals surface area contributed by atoms with E-state index in [-0.39, 0.29) is 16.6 Å². The summed E-state index contributed by atoms with van der Waals surface area (Å²) in [5.41, 5.74) is 2.15. The molecule has 4 rings (SSSR count). The van der Waals surface area contributed by atoms with Crippen molar-refractivity contribution in [3.8, 4) is 5.75 Å². The fraction of sp³-hybridized carbons (Fsp3) is 0.0909. The molecular weight excluding hydrogens is 471 g/mol. The Morgan fingerprint density at radius 3 is 2.50 bits per heavy atom. The molecule has 0 saturated heterocycles. The van der Waals surface area contributed by atoms with E-state index in [9.17, 15) is 9.59 Å². The molecule has 162 valence electrons. The van der Waals surface area contributed by atoms with Gasteiger partial charge >= 0.3 is 0 Å². The average molecular weight is 487 g/mol. The number of benzene rings is 2. The lowest BCUT2D eigenvalue weighted by Crippen LogP contribution is -2.14. The SMILES string of the molecule is COc1cc(C)c(Cl)c(NC(=O)c2csc3c(NC(=O)c4ccccc4)ncnc23)c1Cl. The fourth-order valence-corrected chi connectivity index (χ4v) is 4.51. The van der Waals surface area contributed by atoms with Gasteiger partial charge in [-0.1, -0.05) is 41.4 Å². The van der Waals surface area contributed by atoms with Crippen molar-refractivity contribution in [3.05, 3.63) is 74.8 Å². The van der Waals surface area contributed by atoms with E-state index in [2.05, 4.69) is 20.6 Å². The van der Waals surface area contributed by atoms with Crippen molar-refractivity contribution in [1.82, 2.24) is 9.97 Å². The molecule has 0 aliphatic rings. The largest absolute Gasteiger partial charge is 0.495 e. The van der Waals surface area contributed by atoms with Crippen LogP contribution in [0.1, 0.15) is 26.3 Å². The van der Waals surface area contributed by atoms with Crippen molar-refractivity contribution in [2.75, 3.05) is 17.7 Å². The maximum atomic E-state index is 13.0. The van der Waals surface area contributed by atoms with Gasteiger partial charge in [0, 0.05) is 10.9 Å². The van der Waals surface area contributed by atoms with Crippen LogP contribution in [-0.2, 0) is 0 Å². The maximum Gasteiger partial charge on any atom is 0.258 e. The summed E-state index contributed by atoms with van der Waals surface area (Å²) in [6.07, 6.45) is 1.29. The summed E-state index contributed by atoms with van der Waals surface area (Å²) in [6.45, 7) is 1.78. The lowest BCUT2D eigenvalue weighted by atomic mass is 10.2. The second-order valence-electron chi connectivity index (χ2n) is 6.72. The summed E-state index contributed by atoms with van der Waals surface area (Å²) in [7, 11) is 1.48. The number of nitrogens with zero attached hydrogens (tertiary/aromatic N) is 2. The molecule has 0 radical (unpaired) electrons. The molecule has 32 heavy (non-hydrogen) atoms. The summed E-state index contributed by atoms with van der Waals surface area (Å²) in [4.78, 5) is 34.0. The molecule has 2 amide bonds. The Kier molecular flexibility index (Phi) is 6.27. The third-order valence-electron chi connectivity index (χ3n) is 4.67. The van der Waals surface area contributed by atoms with Crippen molar-refractivity contribution in [2.45, 2.75) is 6.92 Å². The van der Waals surface area contributed by atoms with Gasteiger partial charge in [0.2, 0.25) is 0 Å². The molecule has 2 heterocycles. The first-order valence-corrected chi connectivity index (χ1v) is 11.0. The number of halogens is 2. The van der Waals surface area contributed by atoms with E-state index in [1.54, 1.807) is 42.6 Å². The van der Waals surface area contributed by atoms with Crippen LogP contribution in [0, 0.1) is 6.92 Å². The highest BCUT2D eigenvalue weighted by Gasteiger charge is 2.21. The van der Waals surface area contributed by atoms with Crippen LogP contribution in [0.15, 0.2) is 48.1 Å². The number of carbonyl (C=O) groups is 2. The van der Waals surface area contributed by atoms with Gasteiger partial charge in [-0.15, -0.1) is 11.3 Å². The van der Waals surface area contributed by atoms with Gasteiger partial charge in [-0.3, -0.25) is 9.59 Å². The zero-order valence-corrected chi connectivity index (χ0v) is 19.2. The van der Waals surface area contributed by atoms with Gasteiger partial charge in [0.1, 0.15) is 17.1 Å². The molecule has 0 unspecified atom stereocenters. The van der Waals surface area contributed by atoms with E-state index >= 15 is 0 Å². The van der Waals surface area contributed by atoms with Gasteiger partial charge < -0.3 is 15.4 Å². The number of aromatic nitrogens is 2. The first kappa shape index (κ1) is 22.0. The molecule has 7 nitrogen and oxygen atoms in total. The number of nitrogens with one attached hydrogen (secondary N) is 2. The van der Waals surface area contributed by atoms with Gasteiger partial charge in [0.05, 0.1) is 33.6 Å². The third-order valence-corrected chi connectivity index (χ3v) is 6.51. The topological polar surface area (TPSA) is 93.2 Å². The Hall–Kier alpha value is -3.20. The van der Waals surface area contributed by atoms with Crippen LogP contribution in [0.4, 0.5) is 11.5 Å². The van der Waals surface area contributed by atoms with E-state index in [1.165, 1.54) is 24.8 Å². The zero-order chi connectivity index (χ0) is 22.8. The van der Waals surface area contributed by atoms with Crippen LogP contribution < -0.4 is 15.4 Å². The van der Waals surface area contributed by atoms with E-state index < -0.39 is 5.91 Å². The van der Waals surface area contributed by atoms with Gasteiger partial charge in [0.25, 0.3) is 11.8 Å². The van der Waals surface area contributed by atoms with Gasteiger partial charge in [0.15, 0.2) is 5.82 Å². The number of hydrogen-bond acceptors (Lipinski definition) is 6. The van der Waals surface area contributed by atoms with E-state index in [4.69, 9.17) is 27.9 Å². The van der Waals surface area contributed by atoms with Gasteiger partial charge in [-0.2, -0.15) is 0 Å². The average Bonchev–Trinajstić information content (AvgIpc) is 3.25. The lowest BCUT2D eigenvalue weighted by molar-refractivity contribution is 0.101. The first-order chi connectivity index (χ1) is 15.4. The van der Waals surface area contributed by atoms with Gasteiger partial charge in [-0.05, 0) is 30.7 Å². The highest BCUT2D eigenvalue weighted by atomic mass is 35.5.